The lowest BCUT2D eigenvalue weighted by molar-refractivity contribution is 0.126. The predicted molar refractivity (Wildman–Crippen MR) is 81.1 cm³/mol. The molecule has 2 aliphatic rings. The molecule has 110 valence electrons. The number of aliphatic hydroxyl groups is 1. The fourth-order valence-corrected chi connectivity index (χ4v) is 3.66. The number of nitrogens with zero attached hydrogens (tertiary/aromatic N) is 1. The molecule has 0 radical (unpaired) electrons. The average molecular weight is 276 g/mol. The molecule has 2 saturated heterocycles. The van der Waals surface area contributed by atoms with Crippen molar-refractivity contribution >= 4 is 11.4 Å². The Kier molecular flexibility index (Phi) is 3.50. The summed E-state index contributed by atoms with van der Waals surface area (Å²) in [5, 5.41) is 9.91. The van der Waals surface area contributed by atoms with Crippen LogP contribution in [0.2, 0.25) is 0 Å². The molecule has 1 aromatic carbocycles. The Labute approximate surface area is 120 Å². The number of nitrogen functional groups attached to an aromatic ring is 1. The first-order valence-corrected chi connectivity index (χ1v) is 7.57. The Bertz CT molecular complexity index is 475. The first-order chi connectivity index (χ1) is 9.56. The minimum absolute atomic E-state index is 0.118. The van der Waals surface area contributed by atoms with Crippen LogP contribution in [-0.4, -0.2) is 29.4 Å². The maximum Gasteiger partial charge on any atom is 0.144 e. The van der Waals surface area contributed by atoms with Gasteiger partial charge in [0.2, 0.25) is 0 Å². The van der Waals surface area contributed by atoms with Crippen LogP contribution in [0.5, 0.6) is 5.75 Å². The highest BCUT2D eigenvalue weighted by atomic mass is 16.5. The summed E-state index contributed by atoms with van der Waals surface area (Å²) in [6, 6.07) is 6.85. The number of piperidine rings is 1. The van der Waals surface area contributed by atoms with E-state index in [-0.39, 0.29) is 12.2 Å². The highest BCUT2D eigenvalue weighted by Crippen LogP contribution is 2.43. The molecule has 1 aromatic rings. The van der Waals surface area contributed by atoms with Gasteiger partial charge >= 0.3 is 0 Å². The lowest BCUT2D eigenvalue weighted by Gasteiger charge is -2.39. The molecule has 2 fully saturated rings. The van der Waals surface area contributed by atoms with E-state index in [4.69, 9.17) is 10.5 Å². The van der Waals surface area contributed by atoms with Gasteiger partial charge in [-0.15, -0.1) is 0 Å². The Balaban J connectivity index is 1.91. The first-order valence-electron chi connectivity index (χ1n) is 7.57. The van der Waals surface area contributed by atoms with E-state index < -0.39 is 0 Å². The average Bonchev–Trinajstić information content (AvgIpc) is 2.64. The zero-order chi connectivity index (χ0) is 14.3. The van der Waals surface area contributed by atoms with Crippen molar-refractivity contribution in [3.63, 3.8) is 0 Å². The fraction of sp³-hybridized carbons (Fsp3) is 0.625. The van der Waals surface area contributed by atoms with E-state index in [0.29, 0.717) is 12.1 Å². The molecule has 0 saturated carbocycles. The van der Waals surface area contributed by atoms with Crippen molar-refractivity contribution in [1.29, 1.82) is 0 Å². The maximum absolute atomic E-state index is 9.91. The number of fused-ring (bicyclic) bond motifs is 2. The van der Waals surface area contributed by atoms with Crippen LogP contribution in [0.1, 0.15) is 39.5 Å². The van der Waals surface area contributed by atoms with Crippen molar-refractivity contribution in [2.45, 2.75) is 63.8 Å². The molecule has 3 N–H and O–H groups in total. The van der Waals surface area contributed by atoms with Crippen LogP contribution in [0.25, 0.3) is 0 Å². The van der Waals surface area contributed by atoms with Crippen molar-refractivity contribution in [1.82, 2.24) is 0 Å². The quantitative estimate of drug-likeness (QED) is 0.833. The lowest BCUT2D eigenvalue weighted by Crippen LogP contribution is -2.45. The largest absolute Gasteiger partial charge is 0.489 e. The van der Waals surface area contributed by atoms with Gasteiger partial charge in [0.15, 0.2) is 0 Å². The van der Waals surface area contributed by atoms with Gasteiger partial charge in [-0.05, 0) is 51.7 Å². The highest BCUT2D eigenvalue weighted by molar-refractivity contribution is 5.75. The van der Waals surface area contributed by atoms with Crippen molar-refractivity contribution in [3.05, 3.63) is 18.2 Å². The molecule has 2 heterocycles. The summed E-state index contributed by atoms with van der Waals surface area (Å²) in [5.74, 6) is 0.767. The molecule has 0 aromatic heterocycles. The fourth-order valence-electron chi connectivity index (χ4n) is 3.66. The summed E-state index contributed by atoms with van der Waals surface area (Å²) in [6.45, 7) is 4.01. The molecule has 4 nitrogen and oxygen atoms in total. The molecule has 0 spiro atoms. The number of aliphatic hydroxyl groups excluding tert-OH is 1. The third-order valence-electron chi connectivity index (χ3n) is 4.39. The standard InChI is InChI=1S/C16H24N2O2/c1-10(2)20-15-5-3-4-14(16(15)17)18-11-6-7-12(18)9-13(19)8-11/h3-5,10-13,19H,6-9,17H2,1-2H3. The molecule has 2 atom stereocenters. The van der Waals surface area contributed by atoms with E-state index in [1.807, 2.05) is 26.0 Å². The van der Waals surface area contributed by atoms with Crippen LogP contribution in [-0.2, 0) is 0 Å². The zero-order valence-electron chi connectivity index (χ0n) is 12.2. The van der Waals surface area contributed by atoms with E-state index >= 15 is 0 Å². The summed E-state index contributed by atoms with van der Waals surface area (Å²) in [7, 11) is 0. The van der Waals surface area contributed by atoms with Gasteiger partial charge in [0.1, 0.15) is 5.75 Å². The van der Waals surface area contributed by atoms with Crippen LogP contribution in [0, 0.1) is 0 Å². The van der Waals surface area contributed by atoms with Crippen LogP contribution in [0.3, 0.4) is 0 Å². The molecule has 0 aliphatic carbocycles. The van der Waals surface area contributed by atoms with E-state index in [1.54, 1.807) is 0 Å². The molecule has 2 bridgehead atoms. The summed E-state index contributed by atoms with van der Waals surface area (Å²) >= 11 is 0. The molecule has 0 amide bonds. The van der Waals surface area contributed by atoms with Crippen molar-refractivity contribution in [2.75, 3.05) is 10.6 Å². The second-order valence-electron chi connectivity index (χ2n) is 6.27. The number of benzene rings is 1. The van der Waals surface area contributed by atoms with E-state index in [1.165, 1.54) is 0 Å². The number of hydrogen-bond acceptors (Lipinski definition) is 4. The Morgan fingerprint density at radius 2 is 1.90 bits per heavy atom. The molecule has 2 unspecified atom stereocenters. The zero-order valence-corrected chi connectivity index (χ0v) is 12.2. The van der Waals surface area contributed by atoms with Gasteiger partial charge in [-0.2, -0.15) is 0 Å². The van der Waals surface area contributed by atoms with Gasteiger partial charge in [-0.25, -0.2) is 0 Å². The van der Waals surface area contributed by atoms with Crippen molar-refractivity contribution in [3.8, 4) is 5.75 Å². The predicted octanol–water partition coefficient (Wildman–Crippen LogP) is 2.55. The van der Waals surface area contributed by atoms with Gasteiger partial charge in [0.05, 0.1) is 23.6 Å². The summed E-state index contributed by atoms with van der Waals surface area (Å²) in [6.07, 6.45) is 3.97. The van der Waals surface area contributed by atoms with Crippen LogP contribution in [0.4, 0.5) is 11.4 Å². The second kappa shape index (κ2) is 5.17. The van der Waals surface area contributed by atoms with Gasteiger partial charge in [0, 0.05) is 12.1 Å². The monoisotopic (exact) mass is 276 g/mol. The van der Waals surface area contributed by atoms with Crippen molar-refractivity contribution in [2.24, 2.45) is 0 Å². The molecule has 3 rings (SSSR count). The summed E-state index contributed by atoms with van der Waals surface area (Å²) in [5.41, 5.74) is 8.12. The third-order valence-corrected chi connectivity index (χ3v) is 4.39. The van der Waals surface area contributed by atoms with E-state index in [0.717, 1.165) is 42.8 Å². The minimum atomic E-state index is -0.153. The molecule has 20 heavy (non-hydrogen) atoms. The third kappa shape index (κ3) is 2.33. The van der Waals surface area contributed by atoms with Crippen LogP contribution >= 0.6 is 0 Å². The second-order valence-corrected chi connectivity index (χ2v) is 6.27. The van der Waals surface area contributed by atoms with Gasteiger partial charge in [0.25, 0.3) is 0 Å². The van der Waals surface area contributed by atoms with Crippen molar-refractivity contribution < 1.29 is 9.84 Å². The Hall–Kier alpha value is -1.42. The molecule has 2 aliphatic heterocycles. The van der Waals surface area contributed by atoms with E-state index in [2.05, 4.69) is 11.0 Å². The number of nitrogens with two attached hydrogens (primary N) is 1. The number of anilines is 2. The smallest absolute Gasteiger partial charge is 0.144 e. The van der Waals surface area contributed by atoms with Crippen LogP contribution in [0.15, 0.2) is 18.2 Å². The van der Waals surface area contributed by atoms with Gasteiger partial charge in [-0.3, -0.25) is 0 Å². The summed E-state index contributed by atoms with van der Waals surface area (Å²) < 4.78 is 5.79. The van der Waals surface area contributed by atoms with Crippen LogP contribution < -0.4 is 15.4 Å². The number of hydrogen-bond donors (Lipinski definition) is 2. The molecular formula is C16H24N2O2. The van der Waals surface area contributed by atoms with Gasteiger partial charge in [-0.1, -0.05) is 6.07 Å². The topological polar surface area (TPSA) is 58.7 Å². The molecular weight excluding hydrogens is 252 g/mol. The summed E-state index contributed by atoms with van der Waals surface area (Å²) in [4.78, 5) is 2.41. The molecule has 4 heteroatoms. The first kappa shape index (κ1) is 13.6. The van der Waals surface area contributed by atoms with Gasteiger partial charge < -0.3 is 20.5 Å². The number of ether oxygens (including phenoxy) is 1. The normalized spacial score (nSPS) is 29.0. The Morgan fingerprint density at radius 1 is 1.25 bits per heavy atom. The van der Waals surface area contributed by atoms with E-state index in [9.17, 15) is 5.11 Å². The number of rotatable bonds is 3. The SMILES string of the molecule is CC(C)Oc1cccc(N2C3CCC2CC(O)C3)c1N. The number of para-hydroxylation sites is 1. The highest BCUT2D eigenvalue weighted by Gasteiger charge is 2.41. The maximum atomic E-state index is 9.91. The Morgan fingerprint density at radius 3 is 2.50 bits per heavy atom. The minimum Gasteiger partial charge on any atom is -0.489 e. The lowest BCUT2D eigenvalue weighted by atomic mass is 9.98.